The van der Waals surface area contributed by atoms with E-state index in [1.54, 1.807) is 51.1 Å². The summed E-state index contributed by atoms with van der Waals surface area (Å²) in [6.07, 6.45) is -3.24. The molecule has 0 spiro atoms. The van der Waals surface area contributed by atoms with Crippen molar-refractivity contribution in [2.24, 2.45) is 22.7 Å². The standard InChI is InChI=1S/C29H38O10/c1-16-19(31)12-29(36,15-38-25(35)18-9-7-6-8-10-18)26(3,4)22(16)23(33)24(34)27(5)13-28(39-17(2)30)14-37-21(28)11-20(27)32/h6-10,16,19-22,31-32,36H,11-15H2,1-5H3. The van der Waals surface area contributed by atoms with Crippen molar-refractivity contribution in [3.63, 3.8) is 0 Å². The quantitative estimate of drug-likeness (QED) is 0.339. The third-order valence-electron chi connectivity index (χ3n) is 9.43. The number of hydrogen-bond acceptors (Lipinski definition) is 10. The molecule has 10 heteroatoms. The fraction of sp³-hybridized carbons (Fsp3) is 0.655. The third kappa shape index (κ3) is 4.81. The number of aliphatic hydroxyl groups excluding tert-OH is 2. The molecule has 1 heterocycles. The van der Waals surface area contributed by atoms with E-state index in [1.807, 2.05) is 0 Å². The van der Waals surface area contributed by atoms with Crippen molar-refractivity contribution in [1.29, 1.82) is 0 Å². The molecule has 1 aromatic carbocycles. The number of esters is 2. The van der Waals surface area contributed by atoms with Crippen LogP contribution in [0.2, 0.25) is 0 Å². The Bertz CT molecular complexity index is 1150. The second-order valence-electron chi connectivity index (χ2n) is 12.3. The van der Waals surface area contributed by atoms with Gasteiger partial charge in [0.15, 0.2) is 5.60 Å². The lowest BCUT2D eigenvalue weighted by atomic mass is 9.52. The number of Topliss-reactive ketones (excluding diaryl/α,β-unsaturated/α-hetero) is 2. The van der Waals surface area contributed by atoms with Gasteiger partial charge in [-0.3, -0.25) is 14.4 Å². The summed E-state index contributed by atoms with van der Waals surface area (Å²) in [5.41, 5.74) is -5.55. The summed E-state index contributed by atoms with van der Waals surface area (Å²) in [5.74, 6) is -4.81. The number of carbonyl (C=O) groups excluding carboxylic acids is 4. The smallest absolute Gasteiger partial charge is 0.338 e. The molecule has 2 saturated carbocycles. The molecule has 1 aromatic rings. The Labute approximate surface area is 227 Å². The van der Waals surface area contributed by atoms with Gasteiger partial charge in [0.25, 0.3) is 0 Å². The molecular weight excluding hydrogens is 508 g/mol. The van der Waals surface area contributed by atoms with Gasteiger partial charge in [0.2, 0.25) is 11.6 Å². The van der Waals surface area contributed by atoms with Crippen LogP contribution in [0.25, 0.3) is 0 Å². The summed E-state index contributed by atoms with van der Waals surface area (Å²) in [6, 6.07) is 8.22. The molecule has 0 radical (unpaired) electrons. The summed E-state index contributed by atoms with van der Waals surface area (Å²) in [7, 11) is 0. The molecule has 8 atom stereocenters. The molecule has 1 aliphatic heterocycles. The van der Waals surface area contributed by atoms with E-state index < -0.39 is 82.3 Å². The lowest BCUT2D eigenvalue weighted by Crippen LogP contribution is -2.70. The largest absolute Gasteiger partial charge is 0.459 e. The molecule has 0 bridgehead atoms. The van der Waals surface area contributed by atoms with E-state index in [1.165, 1.54) is 13.8 Å². The van der Waals surface area contributed by atoms with Crippen molar-refractivity contribution >= 4 is 23.5 Å². The van der Waals surface area contributed by atoms with Crippen molar-refractivity contribution in [2.45, 2.75) is 83.4 Å². The number of carbonyl (C=O) groups is 4. The second-order valence-corrected chi connectivity index (χ2v) is 12.3. The Kier molecular flexibility index (Phi) is 7.57. The minimum Gasteiger partial charge on any atom is -0.459 e. The van der Waals surface area contributed by atoms with Crippen LogP contribution in [0.1, 0.15) is 64.2 Å². The van der Waals surface area contributed by atoms with Crippen LogP contribution in [-0.2, 0) is 28.6 Å². The minimum absolute atomic E-state index is 0.00835. The second kappa shape index (κ2) is 10.1. The van der Waals surface area contributed by atoms with Crippen molar-refractivity contribution in [3.8, 4) is 0 Å². The van der Waals surface area contributed by atoms with Crippen molar-refractivity contribution < 1.29 is 48.7 Å². The summed E-state index contributed by atoms with van der Waals surface area (Å²) < 4.78 is 16.4. The zero-order valence-corrected chi connectivity index (χ0v) is 23.0. The number of benzene rings is 1. The van der Waals surface area contributed by atoms with E-state index >= 15 is 0 Å². The molecule has 8 unspecified atom stereocenters. The number of ether oxygens (including phenoxy) is 3. The molecule has 39 heavy (non-hydrogen) atoms. The van der Waals surface area contributed by atoms with Gasteiger partial charge in [-0.25, -0.2) is 4.79 Å². The molecule has 4 rings (SSSR count). The molecule has 0 amide bonds. The minimum atomic E-state index is -1.83. The molecule has 1 saturated heterocycles. The van der Waals surface area contributed by atoms with E-state index in [2.05, 4.69) is 0 Å². The molecule has 2 aliphatic carbocycles. The first-order valence-corrected chi connectivity index (χ1v) is 13.3. The third-order valence-corrected chi connectivity index (χ3v) is 9.43. The zero-order chi connectivity index (χ0) is 29.0. The Morgan fingerprint density at radius 2 is 1.72 bits per heavy atom. The van der Waals surface area contributed by atoms with Crippen LogP contribution in [0.5, 0.6) is 0 Å². The highest BCUT2D eigenvalue weighted by Gasteiger charge is 2.66. The molecule has 214 valence electrons. The fourth-order valence-corrected chi connectivity index (χ4v) is 6.73. The van der Waals surface area contributed by atoms with E-state index in [4.69, 9.17) is 14.2 Å². The van der Waals surface area contributed by atoms with Crippen LogP contribution in [0.4, 0.5) is 0 Å². The van der Waals surface area contributed by atoms with E-state index in [9.17, 15) is 34.5 Å². The van der Waals surface area contributed by atoms with Gasteiger partial charge < -0.3 is 29.5 Å². The van der Waals surface area contributed by atoms with Crippen LogP contribution < -0.4 is 0 Å². The van der Waals surface area contributed by atoms with Crippen molar-refractivity contribution in [1.82, 2.24) is 0 Å². The summed E-state index contributed by atoms with van der Waals surface area (Å²) in [4.78, 5) is 52.2. The van der Waals surface area contributed by atoms with Gasteiger partial charge in [-0.1, -0.05) is 39.0 Å². The Morgan fingerprint density at radius 3 is 2.28 bits per heavy atom. The highest BCUT2D eigenvalue weighted by Crippen LogP contribution is 2.54. The van der Waals surface area contributed by atoms with Crippen molar-refractivity contribution in [2.75, 3.05) is 13.2 Å². The number of hydrogen-bond donors (Lipinski definition) is 3. The number of rotatable bonds is 7. The first-order valence-electron chi connectivity index (χ1n) is 13.3. The lowest BCUT2D eigenvalue weighted by molar-refractivity contribution is -0.291. The predicted octanol–water partition coefficient (Wildman–Crippen LogP) is 1.62. The highest BCUT2D eigenvalue weighted by atomic mass is 16.6. The van der Waals surface area contributed by atoms with Crippen LogP contribution in [-0.4, -0.2) is 81.6 Å². The van der Waals surface area contributed by atoms with Gasteiger partial charge in [-0.15, -0.1) is 0 Å². The first kappa shape index (κ1) is 29.3. The van der Waals surface area contributed by atoms with Crippen LogP contribution >= 0.6 is 0 Å². The zero-order valence-electron chi connectivity index (χ0n) is 23.0. The SMILES string of the molecule is CC(=O)OC12COC1CC(O)C(C)(C(=O)C(=O)C1C(C)C(O)CC(O)(COC(=O)c3ccccc3)C1(C)C)C2. The van der Waals surface area contributed by atoms with Crippen LogP contribution in [0.3, 0.4) is 0 Å². The average molecular weight is 547 g/mol. The maximum Gasteiger partial charge on any atom is 0.338 e. The molecular formula is C29H38O10. The summed E-state index contributed by atoms with van der Waals surface area (Å²) in [5, 5.41) is 33.6. The number of aliphatic hydroxyl groups is 3. The number of fused-ring (bicyclic) bond motifs is 1. The maximum absolute atomic E-state index is 14.0. The molecule has 10 nitrogen and oxygen atoms in total. The number of ketones is 2. The van der Waals surface area contributed by atoms with E-state index in [0.29, 0.717) is 0 Å². The molecule has 3 fully saturated rings. The molecule has 3 N–H and O–H groups in total. The van der Waals surface area contributed by atoms with Gasteiger partial charge in [-0.2, -0.15) is 0 Å². The van der Waals surface area contributed by atoms with E-state index in [0.717, 1.165) is 0 Å². The normalized spacial score (nSPS) is 39.0. The van der Waals surface area contributed by atoms with E-state index in [-0.39, 0.29) is 31.4 Å². The Morgan fingerprint density at radius 1 is 1.08 bits per heavy atom. The van der Waals surface area contributed by atoms with Gasteiger partial charge in [0.1, 0.15) is 18.3 Å². The van der Waals surface area contributed by atoms with Gasteiger partial charge in [0.05, 0.1) is 29.8 Å². The molecule has 3 aliphatic rings. The Balaban J connectivity index is 1.59. The average Bonchev–Trinajstić information content (AvgIpc) is 2.87. The lowest BCUT2D eigenvalue weighted by Gasteiger charge is -2.57. The fourth-order valence-electron chi connectivity index (χ4n) is 6.73. The van der Waals surface area contributed by atoms with Crippen LogP contribution in [0, 0.1) is 22.7 Å². The summed E-state index contributed by atoms with van der Waals surface area (Å²) >= 11 is 0. The Hall–Kier alpha value is -2.66. The van der Waals surface area contributed by atoms with Crippen molar-refractivity contribution in [3.05, 3.63) is 35.9 Å². The topological polar surface area (TPSA) is 157 Å². The first-order chi connectivity index (χ1) is 18.1. The van der Waals surface area contributed by atoms with Gasteiger partial charge >= 0.3 is 11.9 Å². The highest BCUT2D eigenvalue weighted by molar-refractivity contribution is 6.40. The molecule has 0 aromatic heterocycles. The van der Waals surface area contributed by atoms with Gasteiger partial charge in [-0.05, 0) is 25.0 Å². The van der Waals surface area contributed by atoms with Crippen LogP contribution in [0.15, 0.2) is 30.3 Å². The predicted molar refractivity (Wildman–Crippen MR) is 136 cm³/mol. The maximum atomic E-state index is 14.0. The summed E-state index contributed by atoms with van der Waals surface area (Å²) in [6.45, 7) is 7.13. The monoisotopic (exact) mass is 546 g/mol. The van der Waals surface area contributed by atoms with Gasteiger partial charge in [0, 0.05) is 37.5 Å².